The first-order valence-corrected chi connectivity index (χ1v) is 9.58. The number of anilines is 1. The SMILES string of the molecule is CN(C)c1ccc(C(O)c2ccccc2S(=O)(=O)NC(C)(C)C)cc1. The molecule has 0 aromatic heterocycles. The Bertz CT molecular complexity index is 822. The molecule has 0 aliphatic rings. The molecule has 0 aliphatic heterocycles. The van der Waals surface area contributed by atoms with Crippen LogP contribution >= 0.6 is 0 Å². The van der Waals surface area contributed by atoms with Crippen LogP contribution in [0.1, 0.15) is 38.0 Å². The van der Waals surface area contributed by atoms with Gasteiger partial charge in [0.1, 0.15) is 6.10 Å². The number of nitrogens with one attached hydrogen (secondary N) is 1. The summed E-state index contributed by atoms with van der Waals surface area (Å²) in [6.07, 6.45) is -1.02. The van der Waals surface area contributed by atoms with Crippen LogP contribution in [-0.4, -0.2) is 33.2 Å². The van der Waals surface area contributed by atoms with E-state index in [1.807, 2.05) is 31.1 Å². The molecule has 5 nitrogen and oxygen atoms in total. The van der Waals surface area contributed by atoms with Gasteiger partial charge in [-0.05, 0) is 44.5 Å². The summed E-state index contributed by atoms with van der Waals surface area (Å²) >= 11 is 0. The fourth-order valence-electron chi connectivity index (χ4n) is 2.54. The van der Waals surface area contributed by atoms with Crippen LogP contribution in [-0.2, 0) is 10.0 Å². The molecule has 2 aromatic rings. The molecule has 0 bridgehead atoms. The quantitative estimate of drug-likeness (QED) is 0.858. The Hall–Kier alpha value is -1.89. The largest absolute Gasteiger partial charge is 0.384 e. The number of hydrogen-bond acceptors (Lipinski definition) is 4. The van der Waals surface area contributed by atoms with Gasteiger partial charge in [0.25, 0.3) is 0 Å². The molecule has 6 heteroatoms. The smallest absolute Gasteiger partial charge is 0.241 e. The number of aliphatic hydroxyl groups excluding tert-OH is 1. The second-order valence-corrected chi connectivity index (χ2v) is 8.93. The molecule has 1 atom stereocenters. The summed E-state index contributed by atoms with van der Waals surface area (Å²) in [4.78, 5) is 2.05. The molecular formula is C19H26N2O3S. The predicted octanol–water partition coefficient (Wildman–Crippen LogP) is 2.91. The number of nitrogens with zero attached hydrogens (tertiary/aromatic N) is 1. The second kappa shape index (κ2) is 7.15. The van der Waals surface area contributed by atoms with Crippen LogP contribution in [0, 0.1) is 0 Å². The van der Waals surface area contributed by atoms with Crippen LogP contribution in [0.25, 0.3) is 0 Å². The number of rotatable bonds is 5. The van der Waals surface area contributed by atoms with Crippen molar-refractivity contribution in [2.45, 2.75) is 37.3 Å². The van der Waals surface area contributed by atoms with E-state index < -0.39 is 21.7 Å². The lowest BCUT2D eigenvalue weighted by Crippen LogP contribution is -2.40. The van der Waals surface area contributed by atoms with E-state index >= 15 is 0 Å². The van der Waals surface area contributed by atoms with Gasteiger partial charge in [0, 0.05) is 30.9 Å². The molecule has 0 heterocycles. The van der Waals surface area contributed by atoms with Crippen LogP contribution < -0.4 is 9.62 Å². The van der Waals surface area contributed by atoms with Gasteiger partial charge in [0.2, 0.25) is 10.0 Å². The van der Waals surface area contributed by atoms with Crippen molar-refractivity contribution in [2.75, 3.05) is 19.0 Å². The second-order valence-electron chi connectivity index (χ2n) is 7.28. The topological polar surface area (TPSA) is 69.6 Å². The molecule has 2 N–H and O–H groups in total. The Balaban J connectivity index is 2.43. The van der Waals surface area contributed by atoms with Crippen LogP contribution in [0.4, 0.5) is 5.69 Å². The number of benzene rings is 2. The van der Waals surface area contributed by atoms with Crippen molar-refractivity contribution >= 4 is 15.7 Å². The third-order valence-electron chi connectivity index (χ3n) is 3.67. The molecule has 0 aliphatic carbocycles. The first kappa shape index (κ1) is 19.4. The molecular weight excluding hydrogens is 336 g/mol. The van der Waals surface area contributed by atoms with E-state index in [9.17, 15) is 13.5 Å². The van der Waals surface area contributed by atoms with Crippen molar-refractivity contribution in [3.63, 3.8) is 0 Å². The van der Waals surface area contributed by atoms with E-state index in [4.69, 9.17) is 0 Å². The average molecular weight is 362 g/mol. The van der Waals surface area contributed by atoms with Crippen LogP contribution in [0.3, 0.4) is 0 Å². The maximum absolute atomic E-state index is 12.7. The number of sulfonamides is 1. The highest BCUT2D eigenvalue weighted by atomic mass is 32.2. The molecule has 0 saturated carbocycles. The zero-order valence-electron chi connectivity index (χ0n) is 15.3. The first-order chi connectivity index (χ1) is 11.5. The highest BCUT2D eigenvalue weighted by molar-refractivity contribution is 7.89. The van der Waals surface area contributed by atoms with Gasteiger partial charge in [-0.25, -0.2) is 13.1 Å². The fourth-order valence-corrected chi connectivity index (χ4v) is 4.21. The molecule has 0 saturated heterocycles. The van der Waals surface area contributed by atoms with Gasteiger partial charge < -0.3 is 10.0 Å². The summed E-state index contributed by atoms with van der Waals surface area (Å²) in [7, 11) is 0.130. The van der Waals surface area contributed by atoms with E-state index in [2.05, 4.69) is 4.72 Å². The fraction of sp³-hybridized carbons (Fsp3) is 0.368. The highest BCUT2D eigenvalue weighted by Crippen LogP contribution is 2.29. The summed E-state index contributed by atoms with van der Waals surface area (Å²) in [6, 6.07) is 13.9. The Morgan fingerprint density at radius 3 is 2.08 bits per heavy atom. The molecule has 25 heavy (non-hydrogen) atoms. The van der Waals surface area contributed by atoms with Gasteiger partial charge in [0.05, 0.1) is 4.90 Å². The van der Waals surface area contributed by atoms with Gasteiger partial charge in [-0.3, -0.25) is 0 Å². The normalized spacial score (nSPS) is 13.5. The summed E-state index contributed by atoms with van der Waals surface area (Å²) in [5.41, 5.74) is 1.40. The van der Waals surface area contributed by atoms with Crippen molar-refractivity contribution < 1.29 is 13.5 Å². The lowest BCUT2D eigenvalue weighted by Gasteiger charge is -2.23. The van der Waals surface area contributed by atoms with Crippen molar-refractivity contribution in [3.05, 3.63) is 59.7 Å². The van der Waals surface area contributed by atoms with E-state index in [1.165, 1.54) is 6.07 Å². The van der Waals surface area contributed by atoms with Gasteiger partial charge in [0.15, 0.2) is 0 Å². The Labute approximate surface area is 150 Å². The van der Waals surface area contributed by atoms with E-state index in [0.29, 0.717) is 11.1 Å². The minimum Gasteiger partial charge on any atom is -0.384 e. The third-order valence-corrected chi connectivity index (χ3v) is 5.50. The first-order valence-electron chi connectivity index (χ1n) is 8.09. The standard InChI is InChI=1S/C19H26N2O3S/c1-19(2,3)20-25(23,24)17-9-7-6-8-16(17)18(22)14-10-12-15(13-11-14)21(4)5/h6-13,18,20,22H,1-5H3. The zero-order chi connectivity index (χ0) is 18.8. The molecule has 2 aromatic carbocycles. The van der Waals surface area contributed by atoms with Crippen molar-refractivity contribution in [1.29, 1.82) is 0 Å². The third kappa shape index (κ3) is 4.81. The minimum atomic E-state index is -3.74. The predicted molar refractivity (Wildman–Crippen MR) is 101 cm³/mol. The van der Waals surface area contributed by atoms with Gasteiger partial charge in [-0.1, -0.05) is 30.3 Å². The van der Waals surface area contributed by atoms with Crippen LogP contribution in [0.15, 0.2) is 53.4 Å². The maximum Gasteiger partial charge on any atom is 0.241 e. The summed E-state index contributed by atoms with van der Waals surface area (Å²) in [5.74, 6) is 0. The highest BCUT2D eigenvalue weighted by Gasteiger charge is 2.27. The van der Waals surface area contributed by atoms with E-state index in [1.54, 1.807) is 51.1 Å². The number of hydrogen-bond donors (Lipinski definition) is 2. The Morgan fingerprint density at radius 1 is 1.00 bits per heavy atom. The maximum atomic E-state index is 12.7. The average Bonchev–Trinajstić information content (AvgIpc) is 2.52. The Morgan fingerprint density at radius 2 is 1.56 bits per heavy atom. The molecule has 0 fully saturated rings. The minimum absolute atomic E-state index is 0.0918. The molecule has 1 unspecified atom stereocenters. The summed E-state index contributed by atoms with van der Waals surface area (Å²) < 4.78 is 28.1. The molecule has 2 rings (SSSR count). The molecule has 0 amide bonds. The van der Waals surface area contributed by atoms with Gasteiger partial charge in [-0.15, -0.1) is 0 Å². The van der Waals surface area contributed by atoms with E-state index in [0.717, 1.165) is 5.69 Å². The van der Waals surface area contributed by atoms with Gasteiger partial charge in [-0.2, -0.15) is 0 Å². The molecule has 136 valence electrons. The summed E-state index contributed by atoms with van der Waals surface area (Å²) in [5, 5.41) is 10.8. The van der Waals surface area contributed by atoms with Crippen LogP contribution in [0.5, 0.6) is 0 Å². The molecule has 0 radical (unpaired) electrons. The monoisotopic (exact) mass is 362 g/mol. The Kier molecular flexibility index (Phi) is 5.56. The number of aliphatic hydroxyl groups is 1. The zero-order valence-corrected chi connectivity index (χ0v) is 16.1. The van der Waals surface area contributed by atoms with Crippen molar-refractivity contribution in [2.24, 2.45) is 0 Å². The van der Waals surface area contributed by atoms with E-state index in [-0.39, 0.29) is 4.90 Å². The molecule has 0 spiro atoms. The lowest BCUT2D eigenvalue weighted by molar-refractivity contribution is 0.217. The van der Waals surface area contributed by atoms with Gasteiger partial charge >= 0.3 is 0 Å². The van der Waals surface area contributed by atoms with Crippen molar-refractivity contribution in [3.8, 4) is 0 Å². The summed E-state index contributed by atoms with van der Waals surface area (Å²) in [6.45, 7) is 5.34. The van der Waals surface area contributed by atoms with Crippen molar-refractivity contribution in [1.82, 2.24) is 4.72 Å². The van der Waals surface area contributed by atoms with Crippen LogP contribution in [0.2, 0.25) is 0 Å². The lowest BCUT2D eigenvalue weighted by atomic mass is 10.0.